The predicted octanol–water partition coefficient (Wildman–Crippen LogP) is 4.52. The molecule has 2 saturated heterocycles. The first-order valence-corrected chi connectivity index (χ1v) is 12.9. The molecule has 3 heterocycles. The molecule has 2 aliphatic rings. The number of pyridine rings is 1. The first-order valence-electron chi connectivity index (χ1n) is 12.9. The normalized spacial score (nSPS) is 18.4. The SMILES string of the molecule is COc1ccc(C[C@@H](C)N2CCC3(CC2)C(=O)N(Cc2ccccn2)C(=O)N3Cc2ccccc2)cc1. The predicted molar refractivity (Wildman–Crippen MR) is 142 cm³/mol. The Morgan fingerprint density at radius 3 is 2.24 bits per heavy atom. The Kier molecular flexibility index (Phi) is 7.24. The molecular formula is C30H34N4O3. The molecule has 37 heavy (non-hydrogen) atoms. The summed E-state index contributed by atoms with van der Waals surface area (Å²) in [6.45, 7) is 4.38. The van der Waals surface area contributed by atoms with Crippen LogP contribution >= 0.6 is 0 Å². The van der Waals surface area contributed by atoms with E-state index in [0.29, 0.717) is 31.1 Å². The molecule has 3 aromatic rings. The highest BCUT2D eigenvalue weighted by Crippen LogP contribution is 2.39. The summed E-state index contributed by atoms with van der Waals surface area (Å²) in [5.41, 5.74) is 2.18. The van der Waals surface area contributed by atoms with E-state index in [9.17, 15) is 9.59 Å². The van der Waals surface area contributed by atoms with Crippen LogP contribution in [0, 0.1) is 0 Å². The standard InChI is InChI=1S/C30H34N4O3/c1-23(20-24-11-13-27(37-2)14-12-24)32-18-15-30(16-19-32)28(35)33(22-26-10-6-7-17-31-26)29(36)34(30)21-25-8-4-3-5-9-25/h3-14,17,23H,15-16,18-22H2,1-2H3/t23-/m1/s1. The van der Waals surface area contributed by atoms with Gasteiger partial charge in [0.2, 0.25) is 0 Å². The second-order valence-electron chi connectivity index (χ2n) is 10.0. The van der Waals surface area contributed by atoms with E-state index in [1.54, 1.807) is 13.3 Å². The molecule has 3 amide bonds. The second kappa shape index (κ2) is 10.7. The number of imide groups is 1. The van der Waals surface area contributed by atoms with Crippen LogP contribution in [0.1, 0.15) is 36.6 Å². The van der Waals surface area contributed by atoms with Crippen LogP contribution in [0.5, 0.6) is 5.75 Å². The van der Waals surface area contributed by atoms with E-state index in [1.807, 2.05) is 65.6 Å². The van der Waals surface area contributed by atoms with Crippen molar-refractivity contribution in [3.63, 3.8) is 0 Å². The van der Waals surface area contributed by atoms with Gasteiger partial charge in [-0.05, 0) is 61.6 Å². The van der Waals surface area contributed by atoms with Crippen LogP contribution in [0.25, 0.3) is 0 Å². The number of nitrogens with zero attached hydrogens (tertiary/aromatic N) is 4. The van der Waals surface area contributed by atoms with E-state index in [-0.39, 0.29) is 18.5 Å². The van der Waals surface area contributed by atoms with Gasteiger partial charge in [-0.2, -0.15) is 0 Å². The Bertz CT molecular complexity index is 1210. The quantitative estimate of drug-likeness (QED) is 0.427. The van der Waals surface area contributed by atoms with Crippen molar-refractivity contribution in [2.75, 3.05) is 20.2 Å². The molecule has 1 spiro atoms. The summed E-state index contributed by atoms with van der Waals surface area (Å²) in [5, 5.41) is 0. The van der Waals surface area contributed by atoms with Gasteiger partial charge < -0.3 is 14.5 Å². The number of carbonyl (C=O) groups is 2. The molecule has 1 atom stereocenters. The third-order valence-corrected chi connectivity index (χ3v) is 7.79. The molecular weight excluding hydrogens is 464 g/mol. The zero-order valence-electron chi connectivity index (χ0n) is 21.5. The number of likely N-dealkylation sites (tertiary alicyclic amines) is 1. The van der Waals surface area contributed by atoms with Crippen molar-refractivity contribution in [2.45, 2.75) is 50.9 Å². The fraction of sp³-hybridized carbons (Fsp3) is 0.367. The van der Waals surface area contributed by atoms with Crippen molar-refractivity contribution in [1.82, 2.24) is 19.7 Å². The highest BCUT2D eigenvalue weighted by molar-refractivity contribution is 6.07. The minimum atomic E-state index is -0.821. The lowest BCUT2D eigenvalue weighted by Crippen LogP contribution is -2.57. The minimum absolute atomic E-state index is 0.0958. The topological polar surface area (TPSA) is 66.0 Å². The third kappa shape index (κ3) is 5.09. The van der Waals surface area contributed by atoms with Gasteiger partial charge >= 0.3 is 6.03 Å². The molecule has 0 unspecified atom stereocenters. The Balaban J connectivity index is 1.33. The summed E-state index contributed by atoms with van der Waals surface area (Å²) in [5.74, 6) is 0.760. The Labute approximate surface area is 218 Å². The number of aromatic nitrogens is 1. The van der Waals surface area contributed by atoms with Crippen molar-refractivity contribution in [2.24, 2.45) is 0 Å². The van der Waals surface area contributed by atoms with E-state index in [0.717, 1.165) is 30.8 Å². The maximum Gasteiger partial charge on any atom is 0.328 e. The summed E-state index contributed by atoms with van der Waals surface area (Å²) < 4.78 is 5.28. The van der Waals surface area contributed by atoms with E-state index in [1.165, 1.54) is 10.5 Å². The van der Waals surface area contributed by atoms with Crippen LogP contribution in [0.3, 0.4) is 0 Å². The van der Waals surface area contributed by atoms with Crippen LogP contribution in [-0.4, -0.2) is 63.4 Å². The van der Waals surface area contributed by atoms with Gasteiger partial charge in [-0.3, -0.25) is 14.7 Å². The number of hydrogen-bond donors (Lipinski definition) is 0. The van der Waals surface area contributed by atoms with E-state index in [4.69, 9.17) is 4.74 Å². The molecule has 2 fully saturated rings. The first kappa shape index (κ1) is 25.0. The molecule has 2 aromatic carbocycles. The lowest BCUT2D eigenvalue weighted by atomic mass is 9.84. The molecule has 7 nitrogen and oxygen atoms in total. The largest absolute Gasteiger partial charge is 0.497 e. The van der Waals surface area contributed by atoms with Crippen LogP contribution in [-0.2, 0) is 24.3 Å². The smallest absolute Gasteiger partial charge is 0.328 e. The molecule has 0 bridgehead atoms. The van der Waals surface area contributed by atoms with E-state index in [2.05, 4.69) is 28.9 Å². The number of ether oxygens (including phenoxy) is 1. The molecule has 192 valence electrons. The Hall–Kier alpha value is -3.71. The fourth-order valence-corrected chi connectivity index (χ4v) is 5.61. The number of hydrogen-bond acceptors (Lipinski definition) is 5. The summed E-state index contributed by atoms with van der Waals surface area (Å²) in [6, 6.07) is 23.8. The van der Waals surface area contributed by atoms with Gasteiger partial charge in [0.1, 0.15) is 11.3 Å². The molecule has 1 aromatic heterocycles. The summed E-state index contributed by atoms with van der Waals surface area (Å²) in [6.07, 6.45) is 3.86. The van der Waals surface area contributed by atoms with Crippen LogP contribution in [0.15, 0.2) is 79.0 Å². The highest BCUT2D eigenvalue weighted by atomic mass is 16.5. The van der Waals surface area contributed by atoms with E-state index < -0.39 is 5.54 Å². The van der Waals surface area contributed by atoms with Crippen LogP contribution in [0.4, 0.5) is 4.79 Å². The van der Waals surface area contributed by atoms with Gasteiger partial charge in [-0.25, -0.2) is 4.79 Å². The van der Waals surface area contributed by atoms with Crippen molar-refractivity contribution in [3.8, 4) is 5.75 Å². The molecule has 0 N–H and O–H groups in total. The summed E-state index contributed by atoms with van der Waals surface area (Å²) in [7, 11) is 1.68. The number of piperidine rings is 1. The van der Waals surface area contributed by atoms with Crippen molar-refractivity contribution >= 4 is 11.9 Å². The number of carbonyl (C=O) groups excluding carboxylic acids is 2. The van der Waals surface area contributed by atoms with Crippen molar-refractivity contribution < 1.29 is 14.3 Å². The average Bonchev–Trinajstić information content (AvgIpc) is 3.12. The molecule has 7 heteroatoms. The van der Waals surface area contributed by atoms with E-state index >= 15 is 0 Å². The van der Waals surface area contributed by atoms with Gasteiger partial charge in [0.05, 0.1) is 19.3 Å². The molecule has 2 aliphatic heterocycles. The van der Waals surface area contributed by atoms with Crippen LogP contribution in [0.2, 0.25) is 0 Å². The molecule has 5 rings (SSSR count). The number of amides is 3. The van der Waals surface area contributed by atoms with Crippen molar-refractivity contribution in [1.29, 1.82) is 0 Å². The number of urea groups is 1. The second-order valence-corrected chi connectivity index (χ2v) is 10.0. The maximum atomic E-state index is 13.9. The number of methoxy groups -OCH3 is 1. The monoisotopic (exact) mass is 498 g/mol. The molecule has 0 radical (unpaired) electrons. The third-order valence-electron chi connectivity index (χ3n) is 7.79. The molecule has 0 saturated carbocycles. The number of rotatable bonds is 8. The van der Waals surface area contributed by atoms with Gasteiger partial charge in [0.15, 0.2) is 0 Å². The van der Waals surface area contributed by atoms with Gasteiger partial charge in [-0.1, -0.05) is 48.5 Å². The zero-order valence-corrected chi connectivity index (χ0v) is 21.5. The zero-order chi connectivity index (χ0) is 25.8. The minimum Gasteiger partial charge on any atom is -0.497 e. The van der Waals surface area contributed by atoms with Crippen molar-refractivity contribution in [3.05, 3.63) is 95.8 Å². The molecule has 0 aliphatic carbocycles. The lowest BCUT2D eigenvalue weighted by Gasteiger charge is -2.44. The van der Waals surface area contributed by atoms with Gasteiger partial charge in [-0.15, -0.1) is 0 Å². The fourth-order valence-electron chi connectivity index (χ4n) is 5.61. The highest BCUT2D eigenvalue weighted by Gasteiger charge is 2.58. The average molecular weight is 499 g/mol. The van der Waals surface area contributed by atoms with Crippen LogP contribution < -0.4 is 4.74 Å². The number of benzene rings is 2. The first-order chi connectivity index (χ1) is 18.0. The maximum absolute atomic E-state index is 13.9. The Morgan fingerprint density at radius 1 is 0.892 bits per heavy atom. The van der Waals surface area contributed by atoms with Gasteiger partial charge in [0, 0.05) is 31.9 Å². The van der Waals surface area contributed by atoms with Gasteiger partial charge in [0.25, 0.3) is 5.91 Å². The summed E-state index contributed by atoms with van der Waals surface area (Å²) >= 11 is 0. The Morgan fingerprint density at radius 2 is 1.59 bits per heavy atom. The summed E-state index contributed by atoms with van der Waals surface area (Å²) in [4.78, 5) is 37.6. The lowest BCUT2D eigenvalue weighted by molar-refractivity contribution is -0.136.